The fraction of sp³-hybridized carbons (Fsp3) is 0.143. The van der Waals surface area contributed by atoms with E-state index >= 15 is 0 Å². The quantitative estimate of drug-likeness (QED) is 0.586. The lowest BCUT2D eigenvalue weighted by molar-refractivity contribution is 0.102. The van der Waals surface area contributed by atoms with Crippen molar-refractivity contribution < 1.29 is 9.18 Å². The van der Waals surface area contributed by atoms with Crippen molar-refractivity contribution in [2.45, 2.75) is 20.8 Å². The summed E-state index contributed by atoms with van der Waals surface area (Å²) in [6.07, 6.45) is 3.72. The summed E-state index contributed by atoms with van der Waals surface area (Å²) in [5.74, 6) is -0.561. The Morgan fingerprint density at radius 3 is 2.63 bits per heavy atom. The molecular weight excluding hydrogens is 343 g/mol. The molecule has 6 heteroatoms. The van der Waals surface area contributed by atoms with E-state index in [1.807, 2.05) is 49.7 Å². The first-order valence-electron chi connectivity index (χ1n) is 8.64. The number of carbonyl (C=O) groups excluding carboxylic acids is 1. The number of benzene rings is 1. The van der Waals surface area contributed by atoms with Crippen molar-refractivity contribution >= 4 is 17.2 Å². The Hall–Kier alpha value is -3.41. The Morgan fingerprint density at radius 1 is 1.07 bits per heavy atom. The van der Waals surface area contributed by atoms with Crippen LogP contribution < -0.4 is 5.32 Å². The van der Waals surface area contributed by atoms with E-state index in [1.165, 1.54) is 6.07 Å². The number of para-hydroxylation sites is 1. The molecule has 1 amide bonds. The molecule has 0 unspecified atom stereocenters. The number of anilines is 1. The number of carbonyl (C=O) groups is 1. The number of hydrogen-bond donors (Lipinski definition) is 1. The number of nitrogens with one attached hydrogen (secondary N) is 1. The van der Waals surface area contributed by atoms with Gasteiger partial charge in [-0.25, -0.2) is 9.37 Å². The van der Waals surface area contributed by atoms with Crippen molar-refractivity contribution in [2.24, 2.45) is 0 Å². The van der Waals surface area contributed by atoms with Crippen LogP contribution in [0.5, 0.6) is 0 Å². The maximum atomic E-state index is 14.2. The van der Waals surface area contributed by atoms with Gasteiger partial charge in [-0.3, -0.25) is 4.79 Å². The number of aryl methyl sites for hydroxylation is 2. The zero-order valence-electron chi connectivity index (χ0n) is 15.3. The van der Waals surface area contributed by atoms with Crippen molar-refractivity contribution in [3.8, 4) is 5.69 Å². The van der Waals surface area contributed by atoms with Crippen LogP contribution in [-0.2, 0) is 0 Å². The number of fused-ring (bicyclic) bond motifs is 1. The Kier molecular flexibility index (Phi) is 4.03. The highest BCUT2D eigenvalue weighted by atomic mass is 19.1. The molecule has 27 heavy (non-hydrogen) atoms. The highest BCUT2D eigenvalue weighted by Gasteiger charge is 2.18. The monoisotopic (exact) mass is 362 g/mol. The predicted octanol–water partition coefficient (Wildman–Crippen LogP) is 4.44. The molecule has 1 aromatic carbocycles. The number of nitrogens with zero attached hydrogens (tertiary/aromatic N) is 3. The first-order chi connectivity index (χ1) is 12.9. The van der Waals surface area contributed by atoms with Gasteiger partial charge in [0.05, 0.1) is 22.6 Å². The minimum atomic E-state index is -0.327. The lowest BCUT2D eigenvalue weighted by Gasteiger charge is -2.11. The highest BCUT2D eigenvalue weighted by molar-refractivity contribution is 6.05. The van der Waals surface area contributed by atoms with E-state index in [4.69, 9.17) is 0 Å². The van der Waals surface area contributed by atoms with Crippen molar-refractivity contribution in [3.63, 3.8) is 0 Å². The third kappa shape index (κ3) is 2.99. The van der Waals surface area contributed by atoms with Gasteiger partial charge in [0.1, 0.15) is 11.5 Å². The third-order valence-corrected chi connectivity index (χ3v) is 4.60. The van der Waals surface area contributed by atoms with Gasteiger partial charge in [0.2, 0.25) is 0 Å². The maximum Gasteiger partial charge on any atom is 0.257 e. The Morgan fingerprint density at radius 2 is 1.85 bits per heavy atom. The molecule has 3 heterocycles. The average molecular weight is 362 g/mol. The van der Waals surface area contributed by atoms with E-state index in [0.29, 0.717) is 22.6 Å². The van der Waals surface area contributed by atoms with Gasteiger partial charge in [0, 0.05) is 23.8 Å². The molecule has 1 N–H and O–H groups in total. The number of amides is 1. The maximum absolute atomic E-state index is 14.2. The minimum Gasteiger partial charge on any atom is -0.321 e. The molecule has 0 fully saturated rings. The van der Waals surface area contributed by atoms with Crippen LogP contribution in [0.3, 0.4) is 0 Å². The topological polar surface area (TPSA) is 51.3 Å². The van der Waals surface area contributed by atoms with Crippen LogP contribution in [0.4, 0.5) is 10.1 Å². The van der Waals surface area contributed by atoms with Crippen LogP contribution in [-0.4, -0.2) is 19.9 Å². The standard InChI is InChI=1S/C21H19FN4O/c1-13-11-25-12-16(8-9-20(25)23-13)24-21(27)17-10-14(2)26(15(17)3)19-7-5-4-6-18(19)22/h4-12H,1-3H3,(H,24,27). The number of aromatic nitrogens is 3. The Labute approximate surface area is 156 Å². The summed E-state index contributed by atoms with van der Waals surface area (Å²) in [4.78, 5) is 17.2. The van der Waals surface area contributed by atoms with Crippen molar-refractivity contribution in [1.82, 2.24) is 14.0 Å². The van der Waals surface area contributed by atoms with Crippen LogP contribution in [0.25, 0.3) is 11.3 Å². The van der Waals surface area contributed by atoms with E-state index < -0.39 is 0 Å². The molecule has 0 aliphatic rings. The zero-order valence-corrected chi connectivity index (χ0v) is 15.3. The molecule has 0 atom stereocenters. The number of rotatable bonds is 3. The molecule has 0 saturated carbocycles. The Bertz CT molecular complexity index is 1170. The molecule has 0 bridgehead atoms. The Balaban J connectivity index is 1.67. The summed E-state index contributed by atoms with van der Waals surface area (Å²) in [5, 5.41) is 2.91. The summed E-state index contributed by atoms with van der Waals surface area (Å²) in [6, 6.07) is 12.0. The molecule has 136 valence electrons. The molecular formula is C21H19FN4O. The van der Waals surface area contributed by atoms with E-state index in [2.05, 4.69) is 10.3 Å². The summed E-state index contributed by atoms with van der Waals surface area (Å²) in [5.41, 5.74) is 4.83. The zero-order chi connectivity index (χ0) is 19.1. The van der Waals surface area contributed by atoms with E-state index in [1.54, 1.807) is 28.8 Å². The fourth-order valence-electron chi connectivity index (χ4n) is 3.39. The first-order valence-corrected chi connectivity index (χ1v) is 8.64. The van der Waals surface area contributed by atoms with Gasteiger partial charge in [-0.15, -0.1) is 0 Å². The van der Waals surface area contributed by atoms with Crippen molar-refractivity contribution in [3.05, 3.63) is 83.3 Å². The minimum absolute atomic E-state index is 0.234. The van der Waals surface area contributed by atoms with E-state index in [9.17, 15) is 9.18 Å². The SMILES string of the molecule is Cc1cn2cc(NC(=O)c3cc(C)n(-c4ccccc4F)c3C)ccc2n1. The molecule has 0 saturated heterocycles. The lowest BCUT2D eigenvalue weighted by atomic mass is 10.2. The van der Waals surface area contributed by atoms with Crippen LogP contribution in [0, 0.1) is 26.6 Å². The van der Waals surface area contributed by atoms with E-state index in [-0.39, 0.29) is 11.7 Å². The number of imidazole rings is 1. The predicted molar refractivity (Wildman–Crippen MR) is 103 cm³/mol. The van der Waals surface area contributed by atoms with Gasteiger partial charge >= 0.3 is 0 Å². The van der Waals surface area contributed by atoms with Crippen LogP contribution in [0.15, 0.2) is 54.9 Å². The van der Waals surface area contributed by atoms with Gasteiger partial charge in [-0.2, -0.15) is 0 Å². The number of halogens is 1. The molecule has 4 aromatic rings. The van der Waals surface area contributed by atoms with Gasteiger partial charge in [-0.05, 0) is 51.1 Å². The van der Waals surface area contributed by atoms with Crippen LogP contribution in [0.1, 0.15) is 27.4 Å². The van der Waals surface area contributed by atoms with Gasteiger partial charge in [-0.1, -0.05) is 12.1 Å². The third-order valence-electron chi connectivity index (χ3n) is 4.60. The second-order valence-electron chi connectivity index (χ2n) is 6.59. The van der Waals surface area contributed by atoms with Gasteiger partial charge in [0.15, 0.2) is 0 Å². The van der Waals surface area contributed by atoms with Gasteiger partial charge < -0.3 is 14.3 Å². The summed E-state index contributed by atoms with van der Waals surface area (Å²) >= 11 is 0. The van der Waals surface area contributed by atoms with Crippen molar-refractivity contribution in [1.29, 1.82) is 0 Å². The number of pyridine rings is 1. The second kappa shape index (κ2) is 6.39. The molecule has 0 spiro atoms. The average Bonchev–Trinajstić information content (AvgIpc) is 3.14. The van der Waals surface area contributed by atoms with Crippen LogP contribution in [0.2, 0.25) is 0 Å². The second-order valence-corrected chi connectivity index (χ2v) is 6.59. The molecule has 0 aliphatic heterocycles. The molecule has 3 aromatic heterocycles. The molecule has 0 radical (unpaired) electrons. The molecule has 5 nitrogen and oxygen atoms in total. The fourth-order valence-corrected chi connectivity index (χ4v) is 3.39. The molecule has 4 rings (SSSR count). The first kappa shape index (κ1) is 17.0. The smallest absolute Gasteiger partial charge is 0.257 e. The number of hydrogen-bond acceptors (Lipinski definition) is 2. The summed E-state index contributed by atoms with van der Waals surface area (Å²) in [7, 11) is 0. The summed E-state index contributed by atoms with van der Waals surface area (Å²) < 4.78 is 17.8. The van der Waals surface area contributed by atoms with E-state index in [0.717, 1.165) is 17.0 Å². The largest absolute Gasteiger partial charge is 0.321 e. The van der Waals surface area contributed by atoms with Crippen LogP contribution >= 0.6 is 0 Å². The highest BCUT2D eigenvalue weighted by Crippen LogP contribution is 2.23. The van der Waals surface area contributed by atoms with Gasteiger partial charge in [0.25, 0.3) is 5.91 Å². The van der Waals surface area contributed by atoms with Crippen molar-refractivity contribution in [2.75, 3.05) is 5.32 Å². The summed E-state index contributed by atoms with van der Waals surface area (Å²) in [6.45, 7) is 5.59. The molecule has 0 aliphatic carbocycles. The normalized spacial score (nSPS) is 11.1. The lowest BCUT2D eigenvalue weighted by Crippen LogP contribution is -2.13.